The molecule has 0 saturated carbocycles. The highest BCUT2D eigenvalue weighted by molar-refractivity contribution is 6.36. The van der Waals surface area contributed by atoms with E-state index >= 15 is 0 Å². The van der Waals surface area contributed by atoms with Crippen LogP contribution in [0.4, 0.5) is 0 Å². The highest BCUT2D eigenvalue weighted by Crippen LogP contribution is 2.35. The van der Waals surface area contributed by atoms with Crippen molar-refractivity contribution in [3.8, 4) is 23.0 Å². The Kier molecular flexibility index (Phi) is 10.9. The van der Waals surface area contributed by atoms with E-state index in [1.54, 1.807) is 36.0 Å². The van der Waals surface area contributed by atoms with Crippen LogP contribution in [0.1, 0.15) is 38.3 Å². The third-order valence-corrected chi connectivity index (χ3v) is 6.31. The molecule has 3 rings (SSSR count). The topological polar surface area (TPSA) is 71.0 Å². The van der Waals surface area contributed by atoms with Crippen LogP contribution < -0.4 is 18.9 Å². The number of rotatable bonds is 14. The highest BCUT2D eigenvalue weighted by atomic mass is 16.5. The molecule has 0 spiro atoms. The molecule has 0 amide bonds. The van der Waals surface area contributed by atoms with Crippen molar-refractivity contribution in [1.82, 2.24) is 4.81 Å². The zero-order valence-electron chi connectivity index (χ0n) is 23.9. The molecular weight excluding hydrogens is 495 g/mol. The molecule has 207 valence electrons. The lowest BCUT2D eigenvalue weighted by Gasteiger charge is -2.21. The lowest BCUT2D eigenvalue weighted by atomic mass is 10.1. The summed E-state index contributed by atoms with van der Waals surface area (Å²) in [6.07, 6.45) is 4.78. The quantitative estimate of drug-likeness (QED) is 0.226. The summed E-state index contributed by atoms with van der Waals surface area (Å²) in [6, 6.07) is 11.2. The van der Waals surface area contributed by atoms with Crippen LogP contribution >= 0.6 is 0 Å². The zero-order chi connectivity index (χ0) is 28.4. The first kappa shape index (κ1) is 29.7. The van der Waals surface area contributed by atoms with Gasteiger partial charge in [0.15, 0.2) is 0 Å². The standard InChI is InChI=1S/C30H38BN2O6/c1-9-20(3)38-29(24-17-22(34-5)11-13-27(24)36-7)15-16-33(10-2)31-32-26-19-30(39-21(26)4)25-18-23(35-6)12-14-28(25)37-8/h11-15,17-20H,4,9-10,16H2,1-3,5-8H3/b29-15-,32-26?. The fourth-order valence-electron chi connectivity index (χ4n) is 3.80. The summed E-state index contributed by atoms with van der Waals surface area (Å²) < 4.78 is 34.2. The summed E-state index contributed by atoms with van der Waals surface area (Å²) in [5, 5.41) is 0. The van der Waals surface area contributed by atoms with Crippen LogP contribution in [0, 0.1) is 0 Å². The fourth-order valence-corrected chi connectivity index (χ4v) is 3.80. The molecule has 0 saturated heterocycles. The zero-order valence-corrected chi connectivity index (χ0v) is 23.9. The number of nitrogens with zero attached hydrogens (tertiary/aromatic N) is 2. The number of likely N-dealkylation sites (N-methyl/N-ethyl adjacent to an activating group) is 1. The molecule has 0 aromatic heterocycles. The number of hydrogen-bond donors (Lipinski definition) is 0. The number of hydrogen-bond acceptors (Lipinski definition) is 8. The molecule has 1 heterocycles. The monoisotopic (exact) mass is 533 g/mol. The van der Waals surface area contributed by atoms with Gasteiger partial charge in [-0.1, -0.05) is 20.4 Å². The second-order valence-electron chi connectivity index (χ2n) is 8.79. The van der Waals surface area contributed by atoms with E-state index in [0.29, 0.717) is 41.0 Å². The largest absolute Gasteiger partial charge is 0.497 e. The first-order chi connectivity index (χ1) is 18.9. The van der Waals surface area contributed by atoms with Crippen LogP contribution in [0.2, 0.25) is 0 Å². The Labute approximate surface area is 232 Å². The summed E-state index contributed by atoms with van der Waals surface area (Å²) in [4.78, 5) is 6.73. The molecule has 0 fully saturated rings. The van der Waals surface area contributed by atoms with Crippen molar-refractivity contribution >= 4 is 24.8 Å². The van der Waals surface area contributed by atoms with Gasteiger partial charge < -0.3 is 38.1 Å². The van der Waals surface area contributed by atoms with Gasteiger partial charge in [-0.3, -0.25) is 0 Å². The molecule has 9 heteroatoms. The molecule has 0 bridgehead atoms. The van der Waals surface area contributed by atoms with Crippen LogP contribution in [0.25, 0.3) is 11.5 Å². The number of allylic oxidation sites excluding steroid dienone is 1. The Hall–Kier alpha value is -3.85. The maximum Gasteiger partial charge on any atom is 0.374 e. The Morgan fingerprint density at radius 1 is 1.00 bits per heavy atom. The molecule has 2 aromatic rings. The third-order valence-electron chi connectivity index (χ3n) is 6.31. The van der Waals surface area contributed by atoms with Gasteiger partial charge in [0.1, 0.15) is 40.3 Å². The minimum Gasteiger partial charge on any atom is -0.497 e. The molecule has 2 aromatic carbocycles. The summed E-state index contributed by atoms with van der Waals surface area (Å²) in [5.41, 5.74) is 2.22. The SMILES string of the molecule is C=C1OC(c2cc(OC)ccc2OC)=CC1=N[B]N(CC)C/C=C(\OC(C)CC)c1cc(OC)ccc1OC. The average Bonchev–Trinajstić information content (AvgIpc) is 3.35. The lowest BCUT2D eigenvalue weighted by molar-refractivity contribution is 0.179. The predicted molar refractivity (Wildman–Crippen MR) is 157 cm³/mol. The van der Waals surface area contributed by atoms with Crippen LogP contribution in [0.3, 0.4) is 0 Å². The number of ether oxygens (including phenoxy) is 6. The maximum absolute atomic E-state index is 6.30. The van der Waals surface area contributed by atoms with Crippen LogP contribution in [0.5, 0.6) is 23.0 Å². The number of methoxy groups -OCH3 is 4. The summed E-state index contributed by atoms with van der Waals surface area (Å²) >= 11 is 0. The van der Waals surface area contributed by atoms with Crippen LogP contribution in [-0.2, 0) is 9.47 Å². The Bertz CT molecular complexity index is 1240. The van der Waals surface area contributed by atoms with Gasteiger partial charge in [0.25, 0.3) is 0 Å². The second-order valence-corrected chi connectivity index (χ2v) is 8.79. The van der Waals surface area contributed by atoms with E-state index in [4.69, 9.17) is 28.4 Å². The molecular formula is C30H38BN2O6. The molecule has 0 aliphatic carbocycles. The van der Waals surface area contributed by atoms with E-state index in [2.05, 4.69) is 30.1 Å². The first-order valence-corrected chi connectivity index (χ1v) is 12.9. The van der Waals surface area contributed by atoms with Crippen LogP contribution in [-0.4, -0.2) is 65.7 Å². The van der Waals surface area contributed by atoms with E-state index in [9.17, 15) is 0 Å². The normalized spacial score (nSPS) is 15.1. The van der Waals surface area contributed by atoms with Gasteiger partial charge in [-0.2, -0.15) is 0 Å². The maximum atomic E-state index is 6.30. The first-order valence-electron chi connectivity index (χ1n) is 12.9. The van der Waals surface area contributed by atoms with Crippen molar-refractivity contribution in [2.45, 2.75) is 33.3 Å². The molecule has 0 N–H and O–H groups in total. The van der Waals surface area contributed by atoms with Gasteiger partial charge in [-0.25, -0.2) is 0 Å². The fraction of sp³-hybridized carbons (Fsp3) is 0.367. The molecule has 1 aliphatic heterocycles. The minimum atomic E-state index is 0.0302. The van der Waals surface area contributed by atoms with Gasteiger partial charge in [0.2, 0.25) is 0 Å². The van der Waals surface area contributed by atoms with Crippen molar-refractivity contribution in [2.24, 2.45) is 4.90 Å². The summed E-state index contributed by atoms with van der Waals surface area (Å²) in [5.74, 6) is 4.58. The Morgan fingerprint density at radius 3 is 2.28 bits per heavy atom. The van der Waals surface area contributed by atoms with Crippen molar-refractivity contribution < 1.29 is 28.4 Å². The van der Waals surface area contributed by atoms with Gasteiger partial charge in [-0.05, 0) is 62.4 Å². The second kappa shape index (κ2) is 14.3. The van der Waals surface area contributed by atoms with Crippen molar-refractivity contribution in [1.29, 1.82) is 0 Å². The van der Waals surface area contributed by atoms with Gasteiger partial charge in [0.05, 0.1) is 51.4 Å². The van der Waals surface area contributed by atoms with Crippen molar-refractivity contribution in [2.75, 3.05) is 41.5 Å². The smallest absolute Gasteiger partial charge is 0.374 e. The third kappa shape index (κ3) is 7.60. The highest BCUT2D eigenvalue weighted by Gasteiger charge is 2.22. The van der Waals surface area contributed by atoms with Gasteiger partial charge in [-0.15, -0.1) is 0 Å². The van der Waals surface area contributed by atoms with E-state index < -0.39 is 0 Å². The molecule has 8 nitrogen and oxygen atoms in total. The Balaban J connectivity index is 1.83. The molecule has 39 heavy (non-hydrogen) atoms. The minimum absolute atomic E-state index is 0.0302. The van der Waals surface area contributed by atoms with Gasteiger partial charge in [0, 0.05) is 12.6 Å². The van der Waals surface area contributed by atoms with Crippen molar-refractivity contribution in [3.63, 3.8) is 0 Å². The van der Waals surface area contributed by atoms with Crippen molar-refractivity contribution in [3.05, 3.63) is 72.0 Å². The van der Waals surface area contributed by atoms with Crippen LogP contribution in [0.15, 0.2) is 65.8 Å². The van der Waals surface area contributed by atoms with E-state index in [0.717, 1.165) is 35.6 Å². The van der Waals surface area contributed by atoms with Gasteiger partial charge >= 0.3 is 7.55 Å². The Morgan fingerprint density at radius 2 is 1.67 bits per heavy atom. The average molecular weight is 533 g/mol. The molecule has 1 unspecified atom stereocenters. The van der Waals surface area contributed by atoms with E-state index in [1.807, 2.05) is 55.5 Å². The van der Waals surface area contributed by atoms with E-state index in [-0.39, 0.29) is 6.10 Å². The summed E-state index contributed by atoms with van der Waals surface area (Å²) in [6.45, 7) is 11.5. The molecule has 1 aliphatic rings. The number of benzene rings is 2. The predicted octanol–water partition coefficient (Wildman–Crippen LogP) is 5.76. The molecule has 1 atom stereocenters. The molecule has 1 radical (unpaired) electrons. The van der Waals surface area contributed by atoms with E-state index in [1.165, 1.54) is 0 Å². The summed E-state index contributed by atoms with van der Waals surface area (Å²) in [7, 11) is 8.31. The lowest BCUT2D eigenvalue weighted by Crippen LogP contribution is -2.28.